The number of aromatic nitrogens is 2. The lowest BCUT2D eigenvalue weighted by molar-refractivity contribution is -0.124. The smallest absolute Gasteiger partial charge is 0.245 e. The molecule has 0 radical (unpaired) electrons. The Morgan fingerprint density at radius 1 is 1.34 bits per heavy atom. The Balaban J connectivity index is 1.82. The topological polar surface area (TPSA) is 90.4 Å². The second-order valence-corrected chi connectivity index (χ2v) is 7.80. The van der Waals surface area contributed by atoms with E-state index < -0.39 is 6.61 Å². The van der Waals surface area contributed by atoms with Gasteiger partial charge in [-0.05, 0) is 43.9 Å². The zero-order chi connectivity index (χ0) is 20.8. The molecule has 0 saturated carbocycles. The van der Waals surface area contributed by atoms with E-state index in [2.05, 4.69) is 27.4 Å². The summed E-state index contributed by atoms with van der Waals surface area (Å²) in [6, 6.07) is 7.81. The Labute approximate surface area is 176 Å². The van der Waals surface area contributed by atoms with Crippen molar-refractivity contribution >= 4 is 35.0 Å². The molecule has 1 fully saturated rings. The molecule has 7 nitrogen and oxygen atoms in total. The summed E-state index contributed by atoms with van der Waals surface area (Å²) in [7, 11) is 0. The fourth-order valence-electron chi connectivity index (χ4n) is 3.46. The Bertz CT molecular complexity index is 861. The largest absolute Gasteiger partial charge is 0.387 e. The van der Waals surface area contributed by atoms with Crippen molar-refractivity contribution in [1.29, 1.82) is 0 Å². The summed E-state index contributed by atoms with van der Waals surface area (Å²) in [6.07, 6.45) is 3.68. The number of amides is 1. The molecule has 3 N–H and O–H groups in total. The first-order chi connectivity index (χ1) is 14.0. The number of piperidine rings is 1. The fourth-order valence-corrected chi connectivity index (χ4v) is 3.64. The van der Waals surface area contributed by atoms with Crippen LogP contribution in [-0.4, -0.2) is 46.7 Å². The van der Waals surface area contributed by atoms with Crippen molar-refractivity contribution in [2.45, 2.75) is 45.6 Å². The summed E-state index contributed by atoms with van der Waals surface area (Å²) in [5.41, 5.74) is 2.83. The van der Waals surface area contributed by atoms with Crippen LogP contribution in [0.2, 0.25) is 5.02 Å². The van der Waals surface area contributed by atoms with Crippen molar-refractivity contribution in [2.75, 3.05) is 29.9 Å². The van der Waals surface area contributed by atoms with E-state index in [0.717, 1.165) is 55.0 Å². The van der Waals surface area contributed by atoms with Gasteiger partial charge in [-0.3, -0.25) is 4.79 Å². The average molecular weight is 418 g/mol. The maximum atomic E-state index is 11.5. The normalized spacial score (nSPS) is 16.6. The molecule has 1 aliphatic rings. The number of halogens is 1. The molecule has 156 valence electrons. The summed E-state index contributed by atoms with van der Waals surface area (Å²) < 4.78 is 0. The van der Waals surface area contributed by atoms with Gasteiger partial charge in [0.25, 0.3) is 0 Å². The summed E-state index contributed by atoms with van der Waals surface area (Å²) in [6.45, 7) is 5.12. The van der Waals surface area contributed by atoms with Crippen LogP contribution in [0.5, 0.6) is 0 Å². The van der Waals surface area contributed by atoms with Gasteiger partial charge in [-0.25, -0.2) is 4.98 Å². The van der Waals surface area contributed by atoms with E-state index in [0.29, 0.717) is 17.5 Å². The van der Waals surface area contributed by atoms with Gasteiger partial charge >= 0.3 is 0 Å². The first-order valence-corrected chi connectivity index (χ1v) is 10.4. The minimum absolute atomic E-state index is 0.000282. The van der Waals surface area contributed by atoms with Crippen molar-refractivity contribution in [1.82, 2.24) is 15.3 Å². The minimum atomic E-state index is -0.488. The first kappa shape index (κ1) is 21.3. The molecular weight excluding hydrogens is 390 g/mol. The summed E-state index contributed by atoms with van der Waals surface area (Å²) >= 11 is 6.24. The van der Waals surface area contributed by atoms with E-state index in [-0.39, 0.29) is 11.9 Å². The SMILES string of the molecule is CCCc1cc(N2CCC[C@@H](NC(=O)CO)C2)nc(Nc2ccc(C)c(Cl)c2)n1. The number of benzene rings is 1. The zero-order valence-electron chi connectivity index (χ0n) is 16.9. The molecule has 29 heavy (non-hydrogen) atoms. The molecule has 1 atom stereocenters. The lowest BCUT2D eigenvalue weighted by atomic mass is 10.1. The van der Waals surface area contributed by atoms with Gasteiger partial charge in [0, 0.05) is 41.6 Å². The van der Waals surface area contributed by atoms with Crippen molar-refractivity contribution in [3.63, 3.8) is 0 Å². The van der Waals surface area contributed by atoms with Gasteiger partial charge in [0.05, 0.1) is 0 Å². The van der Waals surface area contributed by atoms with Crippen LogP contribution in [-0.2, 0) is 11.2 Å². The summed E-state index contributed by atoms with van der Waals surface area (Å²) in [5, 5.41) is 15.8. The number of nitrogens with zero attached hydrogens (tertiary/aromatic N) is 3. The molecular formula is C21H28ClN5O2. The molecule has 3 rings (SSSR count). The Kier molecular flexibility index (Phi) is 7.28. The summed E-state index contributed by atoms with van der Waals surface area (Å²) in [5.74, 6) is 1.03. The van der Waals surface area contributed by atoms with E-state index in [4.69, 9.17) is 21.7 Å². The lowest BCUT2D eigenvalue weighted by Gasteiger charge is -2.34. The van der Waals surface area contributed by atoms with Crippen LogP contribution in [0.3, 0.4) is 0 Å². The molecule has 2 aromatic rings. The Hall–Kier alpha value is -2.38. The highest BCUT2D eigenvalue weighted by atomic mass is 35.5. The minimum Gasteiger partial charge on any atom is -0.387 e. The van der Waals surface area contributed by atoms with Crippen molar-refractivity contribution < 1.29 is 9.90 Å². The number of carbonyl (C=O) groups is 1. The van der Waals surface area contributed by atoms with Crippen LogP contribution >= 0.6 is 11.6 Å². The third kappa shape index (κ3) is 5.81. The van der Waals surface area contributed by atoms with E-state index in [1.54, 1.807) is 0 Å². The third-order valence-electron chi connectivity index (χ3n) is 4.95. The van der Waals surface area contributed by atoms with E-state index >= 15 is 0 Å². The molecule has 1 aliphatic heterocycles. The molecule has 1 amide bonds. The van der Waals surface area contributed by atoms with Crippen LogP contribution in [0.4, 0.5) is 17.5 Å². The van der Waals surface area contributed by atoms with Crippen LogP contribution in [0.1, 0.15) is 37.4 Å². The van der Waals surface area contributed by atoms with Crippen LogP contribution in [0, 0.1) is 6.92 Å². The monoisotopic (exact) mass is 417 g/mol. The van der Waals surface area contributed by atoms with E-state index in [9.17, 15) is 4.79 Å². The van der Waals surface area contributed by atoms with Gasteiger partial charge in [-0.2, -0.15) is 4.98 Å². The zero-order valence-corrected chi connectivity index (χ0v) is 17.7. The molecule has 0 unspecified atom stereocenters. The first-order valence-electron chi connectivity index (χ1n) is 10.0. The van der Waals surface area contributed by atoms with Crippen LogP contribution < -0.4 is 15.5 Å². The van der Waals surface area contributed by atoms with Crippen molar-refractivity contribution in [2.24, 2.45) is 0 Å². The second-order valence-electron chi connectivity index (χ2n) is 7.39. The van der Waals surface area contributed by atoms with E-state index in [1.165, 1.54) is 0 Å². The number of rotatable bonds is 7. The highest BCUT2D eigenvalue weighted by Gasteiger charge is 2.23. The van der Waals surface area contributed by atoms with Crippen LogP contribution in [0.15, 0.2) is 24.3 Å². The molecule has 1 aromatic heterocycles. The number of anilines is 3. The molecule has 0 bridgehead atoms. The average Bonchev–Trinajstić information content (AvgIpc) is 2.71. The second kappa shape index (κ2) is 9.89. The van der Waals surface area contributed by atoms with E-state index in [1.807, 2.05) is 31.2 Å². The molecule has 8 heteroatoms. The van der Waals surface area contributed by atoms with Crippen molar-refractivity contribution in [3.05, 3.63) is 40.5 Å². The number of aryl methyl sites for hydroxylation is 2. The van der Waals surface area contributed by atoms with Gasteiger partial charge in [0.2, 0.25) is 11.9 Å². The summed E-state index contributed by atoms with van der Waals surface area (Å²) in [4.78, 5) is 23.1. The molecule has 1 aromatic carbocycles. The predicted octanol–water partition coefficient (Wildman–Crippen LogP) is 3.21. The maximum absolute atomic E-state index is 11.5. The lowest BCUT2D eigenvalue weighted by Crippen LogP contribution is -2.48. The standard InChI is InChI=1S/C21H28ClN5O2/c1-3-5-15-11-19(27-9-4-6-17(12-27)23-20(29)13-28)26-21(24-15)25-16-8-7-14(2)18(22)10-16/h7-8,10-11,17,28H,3-6,9,12-13H2,1-2H3,(H,23,29)(H,24,25,26)/t17-/m1/s1. The number of aliphatic hydroxyl groups excluding tert-OH is 1. The highest BCUT2D eigenvalue weighted by Crippen LogP contribution is 2.25. The molecule has 0 aliphatic carbocycles. The molecule has 0 spiro atoms. The Morgan fingerprint density at radius 3 is 2.90 bits per heavy atom. The van der Waals surface area contributed by atoms with Gasteiger partial charge < -0.3 is 20.6 Å². The molecule has 1 saturated heterocycles. The van der Waals surface area contributed by atoms with Gasteiger partial charge in [-0.15, -0.1) is 0 Å². The number of hydrogen-bond donors (Lipinski definition) is 3. The number of hydrogen-bond acceptors (Lipinski definition) is 6. The third-order valence-corrected chi connectivity index (χ3v) is 5.36. The van der Waals surface area contributed by atoms with Gasteiger partial charge in [-0.1, -0.05) is 31.0 Å². The van der Waals surface area contributed by atoms with Gasteiger partial charge in [0.1, 0.15) is 12.4 Å². The van der Waals surface area contributed by atoms with Crippen LogP contribution in [0.25, 0.3) is 0 Å². The number of aliphatic hydroxyl groups is 1. The number of nitrogens with one attached hydrogen (secondary N) is 2. The van der Waals surface area contributed by atoms with Crippen molar-refractivity contribution in [3.8, 4) is 0 Å². The maximum Gasteiger partial charge on any atom is 0.245 e. The molecule has 2 heterocycles. The fraction of sp³-hybridized carbons (Fsp3) is 0.476. The van der Waals surface area contributed by atoms with Gasteiger partial charge in [0.15, 0.2) is 0 Å². The predicted molar refractivity (Wildman–Crippen MR) is 116 cm³/mol. The number of carbonyl (C=O) groups excluding carboxylic acids is 1. The Morgan fingerprint density at radius 2 is 2.17 bits per heavy atom. The highest BCUT2D eigenvalue weighted by molar-refractivity contribution is 6.31. The quantitative estimate of drug-likeness (QED) is 0.640.